The molecule has 3 N–H and O–H groups in total. The van der Waals surface area contributed by atoms with Crippen molar-refractivity contribution in [3.05, 3.63) is 12.2 Å². The number of aromatic amines is 1. The van der Waals surface area contributed by atoms with Gasteiger partial charge in [0, 0.05) is 6.54 Å². The molecule has 1 unspecified atom stereocenters. The molecule has 72 valence electrons. The van der Waals surface area contributed by atoms with Crippen molar-refractivity contribution in [2.24, 2.45) is 0 Å². The lowest BCUT2D eigenvalue weighted by Crippen LogP contribution is -2.36. The van der Waals surface area contributed by atoms with E-state index in [1.807, 2.05) is 13.8 Å². The van der Waals surface area contributed by atoms with Crippen LogP contribution < -0.4 is 10.6 Å². The van der Waals surface area contributed by atoms with Gasteiger partial charge >= 0.3 is 0 Å². The second-order valence-electron chi connectivity index (χ2n) is 2.60. The predicted octanol–water partition coefficient (Wildman–Crippen LogP) is 0.350. The fourth-order valence-corrected chi connectivity index (χ4v) is 1.22. The van der Waals surface area contributed by atoms with E-state index >= 15 is 0 Å². The average Bonchev–Trinajstić information content (AvgIpc) is 2.55. The van der Waals surface area contributed by atoms with E-state index in [2.05, 4.69) is 25.8 Å². The van der Waals surface area contributed by atoms with Gasteiger partial charge in [0.1, 0.15) is 12.2 Å². The number of aromatic nitrogens is 3. The highest BCUT2D eigenvalue weighted by Gasteiger charge is 2.08. The SMILES string of the molecule is CCNC(=S)NC(C)c1ncn[nH]1. The smallest absolute Gasteiger partial charge is 0.166 e. The zero-order valence-corrected chi connectivity index (χ0v) is 8.48. The molecule has 0 aliphatic heterocycles. The third kappa shape index (κ3) is 2.98. The molecule has 6 heteroatoms. The summed E-state index contributed by atoms with van der Waals surface area (Å²) in [6.45, 7) is 4.77. The molecule has 0 bridgehead atoms. The highest BCUT2D eigenvalue weighted by atomic mass is 32.1. The normalized spacial score (nSPS) is 12.2. The molecule has 5 nitrogen and oxygen atoms in total. The van der Waals surface area contributed by atoms with Crippen LogP contribution in [0.15, 0.2) is 6.33 Å². The monoisotopic (exact) mass is 199 g/mol. The molecule has 0 aromatic carbocycles. The minimum absolute atomic E-state index is 0.0500. The zero-order chi connectivity index (χ0) is 9.68. The van der Waals surface area contributed by atoms with Crippen LogP contribution in [0.1, 0.15) is 25.7 Å². The van der Waals surface area contributed by atoms with Gasteiger partial charge in [-0.3, -0.25) is 5.10 Å². The van der Waals surface area contributed by atoms with Gasteiger partial charge in [0.2, 0.25) is 0 Å². The summed E-state index contributed by atoms with van der Waals surface area (Å²) in [5.74, 6) is 0.778. The van der Waals surface area contributed by atoms with Crippen molar-refractivity contribution in [3.63, 3.8) is 0 Å². The summed E-state index contributed by atoms with van der Waals surface area (Å²) in [7, 11) is 0. The van der Waals surface area contributed by atoms with E-state index in [1.165, 1.54) is 6.33 Å². The molecule has 0 aliphatic rings. The minimum atomic E-state index is 0.0500. The fraction of sp³-hybridized carbons (Fsp3) is 0.571. The Hall–Kier alpha value is -1.17. The Morgan fingerprint density at radius 3 is 3.08 bits per heavy atom. The molecule has 13 heavy (non-hydrogen) atoms. The van der Waals surface area contributed by atoms with Crippen LogP contribution in [0.5, 0.6) is 0 Å². The Bertz CT molecular complexity index is 258. The number of rotatable bonds is 3. The van der Waals surface area contributed by atoms with Crippen LogP contribution in [0.3, 0.4) is 0 Å². The lowest BCUT2D eigenvalue weighted by atomic mass is 10.3. The number of nitrogens with one attached hydrogen (secondary N) is 3. The van der Waals surface area contributed by atoms with Crippen molar-refractivity contribution in [2.75, 3.05) is 6.54 Å². The highest BCUT2D eigenvalue weighted by Crippen LogP contribution is 2.02. The summed E-state index contributed by atoms with van der Waals surface area (Å²) in [5.41, 5.74) is 0. The van der Waals surface area contributed by atoms with Gasteiger partial charge in [-0.2, -0.15) is 5.10 Å². The number of H-pyrrole nitrogens is 1. The summed E-state index contributed by atoms with van der Waals surface area (Å²) < 4.78 is 0. The maximum Gasteiger partial charge on any atom is 0.166 e. The molecule has 0 fully saturated rings. The molecule has 1 heterocycles. The summed E-state index contributed by atoms with van der Waals surface area (Å²) in [5, 5.41) is 13.2. The van der Waals surface area contributed by atoms with E-state index in [0.29, 0.717) is 5.11 Å². The van der Waals surface area contributed by atoms with Gasteiger partial charge in [-0.15, -0.1) is 0 Å². The molecule has 0 saturated heterocycles. The average molecular weight is 199 g/mol. The summed E-state index contributed by atoms with van der Waals surface area (Å²) >= 11 is 5.02. The van der Waals surface area contributed by atoms with E-state index in [4.69, 9.17) is 12.2 Å². The van der Waals surface area contributed by atoms with Gasteiger partial charge in [0.15, 0.2) is 5.11 Å². The number of nitrogens with zero attached hydrogens (tertiary/aromatic N) is 2. The van der Waals surface area contributed by atoms with Crippen LogP contribution in [0, 0.1) is 0 Å². The lowest BCUT2D eigenvalue weighted by molar-refractivity contribution is 0.657. The molecule has 0 spiro atoms. The fourth-order valence-electron chi connectivity index (χ4n) is 0.900. The lowest BCUT2D eigenvalue weighted by Gasteiger charge is -2.13. The molecule has 0 saturated carbocycles. The Labute approximate surface area is 82.3 Å². The summed E-state index contributed by atoms with van der Waals surface area (Å²) in [4.78, 5) is 4.01. The van der Waals surface area contributed by atoms with E-state index in [0.717, 1.165) is 12.4 Å². The zero-order valence-electron chi connectivity index (χ0n) is 7.66. The molecular formula is C7H13N5S. The maximum absolute atomic E-state index is 5.02. The minimum Gasteiger partial charge on any atom is -0.363 e. The van der Waals surface area contributed by atoms with Crippen LogP contribution >= 0.6 is 12.2 Å². The van der Waals surface area contributed by atoms with Crippen LogP contribution in [-0.2, 0) is 0 Å². The van der Waals surface area contributed by atoms with Crippen molar-refractivity contribution in [1.29, 1.82) is 0 Å². The van der Waals surface area contributed by atoms with E-state index in [9.17, 15) is 0 Å². The van der Waals surface area contributed by atoms with Crippen LogP contribution in [0.25, 0.3) is 0 Å². The topological polar surface area (TPSA) is 65.6 Å². The number of hydrogen-bond donors (Lipinski definition) is 3. The molecule has 1 aromatic rings. The third-order valence-corrected chi connectivity index (χ3v) is 1.79. The molecule has 1 atom stereocenters. The van der Waals surface area contributed by atoms with E-state index in [-0.39, 0.29) is 6.04 Å². The van der Waals surface area contributed by atoms with Gasteiger partial charge in [-0.1, -0.05) is 0 Å². The van der Waals surface area contributed by atoms with Crippen LogP contribution in [0.2, 0.25) is 0 Å². The molecule has 1 aromatic heterocycles. The van der Waals surface area contributed by atoms with Gasteiger partial charge in [-0.05, 0) is 26.1 Å². The molecule has 0 aliphatic carbocycles. The van der Waals surface area contributed by atoms with Crippen LogP contribution in [0.4, 0.5) is 0 Å². The standard InChI is InChI=1S/C7H13N5S/c1-3-8-7(13)11-5(2)6-9-4-10-12-6/h4-5H,3H2,1-2H3,(H2,8,11,13)(H,9,10,12). The molecule has 1 rings (SSSR count). The third-order valence-electron chi connectivity index (χ3n) is 1.53. The Morgan fingerprint density at radius 2 is 2.54 bits per heavy atom. The number of thiocarbonyl (C=S) groups is 1. The maximum atomic E-state index is 5.02. The Balaban J connectivity index is 2.42. The first kappa shape index (κ1) is 9.91. The van der Waals surface area contributed by atoms with E-state index in [1.54, 1.807) is 0 Å². The van der Waals surface area contributed by atoms with Crippen LogP contribution in [-0.4, -0.2) is 26.8 Å². The van der Waals surface area contributed by atoms with Gasteiger partial charge < -0.3 is 10.6 Å². The quantitative estimate of drug-likeness (QED) is 0.613. The van der Waals surface area contributed by atoms with Crippen molar-refractivity contribution in [2.45, 2.75) is 19.9 Å². The molecule has 0 radical (unpaired) electrons. The van der Waals surface area contributed by atoms with Gasteiger partial charge in [-0.25, -0.2) is 4.98 Å². The van der Waals surface area contributed by atoms with Gasteiger partial charge in [0.25, 0.3) is 0 Å². The Kier molecular flexibility index (Phi) is 3.63. The largest absolute Gasteiger partial charge is 0.363 e. The van der Waals surface area contributed by atoms with Crippen molar-refractivity contribution in [3.8, 4) is 0 Å². The number of hydrogen-bond acceptors (Lipinski definition) is 3. The second-order valence-corrected chi connectivity index (χ2v) is 3.00. The summed E-state index contributed by atoms with van der Waals surface area (Å²) in [6.07, 6.45) is 1.48. The highest BCUT2D eigenvalue weighted by molar-refractivity contribution is 7.80. The Morgan fingerprint density at radius 1 is 1.77 bits per heavy atom. The molecule has 0 amide bonds. The van der Waals surface area contributed by atoms with Crippen molar-refractivity contribution >= 4 is 17.3 Å². The van der Waals surface area contributed by atoms with E-state index < -0.39 is 0 Å². The first-order valence-corrected chi connectivity index (χ1v) is 4.54. The van der Waals surface area contributed by atoms with Crippen molar-refractivity contribution in [1.82, 2.24) is 25.8 Å². The summed E-state index contributed by atoms with van der Waals surface area (Å²) in [6, 6.07) is 0.0500. The van der Waals surface area contributed by atoms with Gasteiger partial charge in [0.05, 0.1) is 6.04 Å². The molecular weight excluding hydrogens is 186 g/mol. The first-order valence-electron chi connectivity index (χ1n) is 4.13. The van der Waals surface area contributed by atoms with Crippen molar-refractivity contribution < 1.29 is 0 Å². The second kappa shape index (κ2) is 4.76. The first-order chi connectivity index (χ1) is 6.24. The predicted molar refractivity (Wildman–Crippen MR) is 54.2 cm³/mol.